The van der Waals surface area contributed by atoms with Crippen molar-refractivity contribution in [3.63, 3.8) is 0 Å². The minimum Gasteiger partial charge on any atom is -0.493 e. The molecule has 2 rings (SSSR count). The van der Waals surface area contributed by atoms with Crippen LogP contribution in [0.15, 0.2) is 24.3 Å². The standard InChI is InChI=1S/C20H30N2O3/c1-3-25-18-10-8-17(16-19(18)24-2)9-11-20(23)21-12-4-5-13-22-14-6-7-15-22/h8-11,16H,3-7,12-15H2,1-2H3,(H,21,23)/b11-9+. The number of benzene rings is 1. The molecule has 25 heavy (non-hydrogen) atoms. The van der Waals surface area contributed by atoms with Gasteiger partial charge in [-0.25, -0.2) is 0 Å². The molecule has 0 saturated carbocycles. The molecule has 5 nitrogen and oxygen atoms in total. The van der Waals surface area contributed by atoms with E-state index in [0.717, 1.165) is 31.5 Å². The Kier molecular flexibility index (Phi) is 8.32. The first-order valence-corrected chi connectivity index (χ1v) is 9.22. The fourth-order valence-corrected chi connectivity index (χ4v) is 2.97. The summed E-state index contributed by atoms with van der Waals surface area (Å²) in [6, 6.07) is 5.64. The van der Waals surface area contributed by atoms with Gasteiger partial charge in [0.05, 0.1) is 13.7 Å². The smallest absolute Gasteiger partial charge is 0.243 e. The van der Waals surface area contributed by atoms with Crippen LogP contribution in [0.5, 0.6) is 11.5 Å². The van der Waals surface area contributed by atoms with Crippen LogP contribution in [0, 0.1) is 0 Å². The highest BCUT2D eigenvalue weighted by Crippen LogP contribution is 2.28. The molecule has 1 heterocycles. The number of unbranched alkanes of at least 4 members (excludes halogenated alkanes) is 1. The van der Waals surface area contributed by atoms with Gasteiger partial charge in [-0.05, 0) is 76.0 Å². The van der Waals surface area contributed by atoms with Gasteiger partial charge in [-0.2, -0.15) is 0 Å². The average Bonchev–Trinajstić information content (AvgIpc) is 3.14. The van der Waals surface area contributed by atoms with E-state index in [1.807, 2.05) is 25.1 Å². The van der Waals surface area contributed by atoms with Crippen LogP contribution >= 0.6 is 0 Å². The Labute approximate surface area is 151 Å². The van der Waals surface area contributed by atoms with E-state index in [0.29, 0.717) is 18.1 Å². The number of rotatable bonds is 10. The molecule has 1 aliphatic heterocycles. The first-order valence-electron chi connectivity index (χ1n) is 9.22. The van der Waals surface area contributed by atoms with Crippen LogP contribution < -0.4 is 14.8 Å². The highest BCUT2D eigenvalue weighted by atomic mass is 16.5. The number of carbonyl (C=O) groups is 1. The highest BCUT2D eigenvalue weighted by Gasteiger charge is 2.10. The second kappa shape index (κ2) is 10.8. The second-order valence-electron chi connectivity index (χ2n) is 6.22. The predicted octanol–water partition coefficient (Wildman–Crippen LogP) is 3.10. The summed E-state index contributed by atoms with van der Waals surface area (Å²) in [5, 5.41) is 2.94. The number of carbonyl (C=O) groups excluding carboxylic acids is 1. The van der Waals surface area contributed by atoms with Gasteiger partial charge in [-0.3, -0.25) is 4.79 Å². The third-order valence-corrected chi connectivity index (χ3v) is 4.31. The number of hydrogen-bond acceptors (Lipinski definition) is 4. The molecule has 1 saturated heterocycles. The average molecular weight is 346 g/mol. The van der Waals surface area contributed by atoms with E-state index < -0.39 is 0 Å². The lowest BCUT2D eigenvalue weighted by Gasteiger charge is -2.13. The summed E-state index contributed by atoms with van der Waals surface area (Å²) in [4.78, 5) is 14.4. The zero-order valence-corrected chi connectivity index (χ0v) is 15.4. The van der Waals surface area contributed by atoms with E-state index in [9.17, 15) is 4.79 Å². The van der Waals surface area contributed by atoms with Crippen molar-refractivity contribution in [1.29, 1.82) is 0 Å². The zero-order valence-electron chi connectivity index (χ0n) is 15.4. The molecule has 5 heteroatoms. The van der Waals surface area contributed by atoms with Crippen molar-refractivity contribution in [2.75, 3.05) is 39.9 Å². The molecule has 1 aromatic rings. The summed E-state index contributed by atoms with van der Waals surface area (Å²) in [7, 11) is 1.61. The van der Waals surface area contributed by atoms with Gasteiger partial charge in [0.15, 0.2) is 11.5 Å². The Hall–Kier alpha value is -2.01. The Balaban J connectivity index is 1.70. The summed E-state index contributed by atoms with van der Waals surface area (Å²) in [5.74, 6) is 1.32. The molecular formula is C20H30N2O3. The van der Waals surface area contributed by atoms with Crippen LogP contribution in [0.1, 0.15) is 38.2 Å². The molecule has 0 spiro atoms. The molecule has 1 aromatic carbocycles. The fraction of sp³-hybridized carbons (Fsp3) is 0.550. The molecule has 1 aliphatic rings. The molecule has 1 fully saturated rings. The van der Waals surface area contributed by atoms with Crippen LogP contribution in [-0.4, -0.2) is 50.7 Å². The number of nitrogens with one attached hydrogen (secondary N) is 1. The molecule has 138 valence electrons. The number of methoxy groups -OCH3 is 1. The lowest BCUT2D eigenvalue weighted by molar-refractivity contribution is -0.116. The Morgan fingerprint density at radius 1 is 1.24 bits per heavy atom. The molecule has 1 amide bonds. The minimum absolute atomic E-state index is 0.0611. The van der Waals surface area contributed by atoms with Crippen LogP contribution in [0.3, 0.4) is 0 Å². The Morgan fingerprint density at radius 2 is 2.04 bits per heavy atom. The van der Waals surface area contributed by atoms with Gasteiger partial charge >= 0.3 is 0 Å². The second-order valence-corrected chi connectivity index (χ2v) is 6.22. The summed E-state index contributed by atoms with van der Waals surface area (Å²) in [5.41, 5.74) is 0.907. The van der Waals surface area contributed by atoms with Crippen molar-refractivity contribution in [2.45, 2.75) is 32.6 Å². The maximum atomic E-state index is 11.9. The number of amides is 1. The third kappa shape index (κ3) is 6.78. The minimum atomic E-state index is -0.0611. The maximum absolute atomic E-state index is 11.9. The van der Waals surface area contributed by atoms with Gasteiger partial charge in [-0.15, -0.1) is 0 Å². The molecule has 0 unspecified atom stereocenters. The largest absolute Gasteiger partial charge is 0.493 e. The molecule has 0 bridgehead atoms. The van der Waals surface area contributed by atoms with E-state index in [1.54, 1.807) is 19.3 Å². The predicted molar refractivity (Wildman–Crippen MR) is 101 cm³/mol. The van der Waals surface area contributed by atoms with Gasteiger partial charge < -0.3 is 19.7 Å². The first kappa shape index (κ1) is 19.3. The third-order valence-electron chi connectivity index (χ3n) is 4.31. The van der Waals surface area contributed by atoms with Crippen LogP contribution in [0.25, 0.3) is 6.08 Å². The Morgan fingerprint density at radius 3 is 2.76 bits per heavy atom. The molecular weight excluding hydrogens is 316 g/mol. The van der Waals surface area contributed by atoms with E-state index in [-0.39, 0.29) is 5.91 Å². The topological polar surface area (TPSA) is 50.8 Å². The van der Waals surface area contributed by atoms with E-state index in [2.05, 4.69) is 10.2 Å². The number of hydrogen-bond donors (Lipinski definition) is 1. The normalized spacial score (nSPS) is 14.8. The van der Waals surface area contributed by atoms with Gasteiger partial charge in [0.1, 0.15) is 0 Å². The SMILES string of the molecule is CCOc1ccc(/C=C/C(=O)NCCCCN2CCCC2)cc1OC. The lowest BCUT2D eigenvalue weighted by Crippen LogP contribution is -2.24. The molecule has 1 N–H and O–H groups in total. The van der Waals surface area contributed by atoms with Crippen LogP contribution in [0.4, 0.5) is 0 Å². The van der Waals surface area contributed by atoms with Crippen molar-refractivity contribution >= 4 is 12.0 Å². The monoisotopic (exact) mass is 346 g/mol. The van der Waals surface area contributed by atoms with E-state index in [1.165, 1.54) is 25.9 Å². The fourth-order valence-electron chi connectivity index (χ4n) is 2.97. The molecule has 0 radical (unpaired) electrons. The highest BCUT2D eigenvalue weighted by molar-refractivity contribution is 5.91. The summed E-state index contributed by atoms with van der Waals surface area (Å²) in [6.45, 7) is 6.87. The summed E-state index contributed by atoms with van der Waals surface area (Å²) in [6.07, 6.45) is 8.18. The van der Waals surface area contributed by atoms with Gasteiger partial charge in [0.2, 0.25) is 5.91 Å². The van der Waals surface area contributed by atoms with Gasteiger partial charge in [0, 0.05) is 12.6 Å². The van der Waals surface area contributed by atoms with Crippen LogP contribution in [-0.2, 0) is 4.79 Å². The van der Waals surface area contributed by atoms with Crippen molar-refractivity contribution < 1.29 is 14.3 Å². The molecule has 0 aliphatic carbocycles. The summed E-state index contributed by atoms with van der Waals surface area (Å²) < 4.78 is 10.8. The summed E-state index contributed by atoms with van der Waals surface area (Å²) >= 11 is 0. The quantitative estimate of drug-likeness (QED) is 0.522. The lowest BCUT2D eigenvalue weighted by atomic mass is 10.2. The van der Waals surface area contributed by atoms with Crippen molar-refractivity contribution in [2.24, 2.45) is 0 Å². The van der Waals surface area contributed by atoms with Crippen molar-refractivity contribution in [3.8, 4) is 11.5 Å². The molecule has 0 aromatic heterocycles. The van der Waals surface area contributed by atoms with Gasteiger partial charge in [-0.1, -0.05) is 6.07 Å². The van der Waals surface area contributed by atoms with E-state index >= 15 is 0 Å². The molecule has 0 atom stereocenters. The number of nitrogens with zero attached hydrogens (tertiary/aromatic N) is 1. The zero-order chi connectivity index (χ0) is 17.9. The number of likely N-dealkylation sites (tertiary alicyclic amines) is 1. The van der Waals surface area contributed by atoms with Crippen LogP contribution in [0.2, 0.25) is 0 Å². The Bertz CT molecular complexity index is 566. The van der Waals surface area contributed by atoms with E-state index in [4.69, 9.17) is 9.47 Å². The maximum Gasteiger partial charge on any atom is 0.243 e. The number of ether oxygens (including phenoxy) is 2. The van der Waals surface area contributed by atoms with Crippen molar-refractivity contribution in [3.05, 3.63) is 29.8 Å². The van der Waals surface area contributed by atoms with Gasteiger partial charge in [0.25, 0.3) is 0 Å². The first-order chi connectivity index (χ1) is 12.2. The van der Waals surface area contributed by atoms with Crippen molar-refractivity contribution in [1.82, 2.24) is 10.2 Å².